The van der Waals surface area contributed by atoms with Crippen molar-refractivity contribution in [2.45, 2.75) is 30.1 Å². The van der Waals surface area contributed by atoms with E-state index in [2.05, 4.69) is 0 Å². The fourth-order valence-corrected chi connectivity index (χ4v) is 5.11. The third-order valence-corrected chi connectivity index (χ3v) is 6.64. The molecule has 0 atom stereocenters. The number of ether oxygens (including phenoxy) is 1. The molecule has 5 nitrogen and oxygen atoms in total. The fourth-order valence-electron chi connectivity index (χ4n) is 2.00. The summed E-state index contributed by atoms with van der Waals surface area (Å²) in [5, 5.41) is 0. The van der Waals surface area contributed by atoms with E-state index in [1.807, 2.05) is 13.8 Å². The van der Waals surface area contributed by atoms with Crippen LogP contribution in [0.1, 0.15) is 18.7 Å². The number of hydrogen-bond donors (Lipinski definition) is 1. The first-order chi connectivity index (χ1) is 8.38. The van der Waals surface area contributed by atoms with Crippen LogP contribution < -0.4 is 5.73 Å². The van der Waals surface area contributed by atoms with Crippen LogP contribution in [0.3, 0.4) is 0 Å². The first-order valence-corrected chi connectivity index (χ1v) is 8.03. The van der Waals surface area contributed by atoms with E-state index in [9.17, 15) is 8.42 Å². The second-order valence-electron chi connectivity index (χ2n) is 4.87. The summed E-state index contributed by atoms with van der Waals surface area (Å²) in [7, 11) is -3.44. The zero-order valence-electron chi connectivity index (χ0n) is 10.5. The molecule has 0 aliphatic carbocycles. The Morgan fingerprint density at radius 1 is 1.50 bits per heavy atom. The van der Waals surface area contributed by atoms with Crippen molar-refractivity contribution in [3.05, 3.63) is 17.0 Å². The number of hydrogen-bond acceptors (Lipinski definition) is 5. The van der Waals surface area contributed by atoms with Crippen molar-refractivity contribution in [2.75, 3.05) is 19.8 Å². The third-order valence-electron chi connectivity index (χ3n) is 2.95. The molecule has 1 saturated heterocycles. The van der Waals surface area contributed by atoms with Crippen LogP contribution in [-0.2, 0) is 21.3 Å². The van der Waals surface area contributed by atoms with E-state index < -0.39 is 15.6 Å². The number of nitrogens with two attached hydrogens (primary N) is 1. The van der Waals surface area contributed by atoms with Gasteiger partial charge >= 0.3 is 0 Å². The SMILES string of the molecule is CC1(C)COCCN1S(=O)(=O)c1ccc(CN)s1. The zero-order valence-corrected chi connectivity index (χ0v) is 12.2. The molecule has 1 fully saturated rings. The molecule has 0 amide bonds. The van der Waals surface area contributed by atoms with Gasteiger partial charge in [-0.25, -0.2) is 8.42 Å². The highest BCUT2D eigenvalue weighted by atomic mass is 32.2. The van der Waals surface area contributed by atoms with Crippen LogP contribution in [0.2, 0.25) is 0 Å². The van der Waals surface area contributed by atoms with E-state index in [1.54, 1.807) is 12.1 Å². The quantitative estimate of drug-likeness (QED) is 0.901. The third kappa shape index (κ3) is 2.46. The summed E-state index contributed by atoms with van der Waals surface area (Å²) in [6.07, 6.45) is 0. The second kappa shape index (κ2) is 4.90. The van der Waals surface area contributed by atoms with Gasteiger partial charge in [0.05, 0.1) is 18.8 Å². The van der Waals surface area contributed by atoms with Crippen LogP contribution in [0.15, 0.2) is 16.3 Å². The fraction of sp³-hybridized carbons (Fsp3) is 0.636. The molecule has 1 aliphatic rings. The van der Waals surface area contributed by atoms with E-state index in [-0.39, 0.29) is 0 Å². The lowest BCUT2D eigenvalue weighted by molar-refractivity contribution is -0.00761. The minimum absolute atomic E-state index is 0.359. The Bertz CT molecular complexity index is 522. The van der Waals surface area contributed by atoms with Crippen molar-refractivity contribution in [2.24, 2.45) is 5.73 Å². The van der Waals surface area contributed by atoms with Gasteiger partial charge in [-0.1, -0.05) is 0 Å². The van der Waals surface area contributed by atoms with Gasteiger partial charge in [0.1, 0.15) is 4.21 Å². The molecule has 0 saturated carbocycles. The molecule has 0 spiro atoms. The molecule has 18 heavy (non-hydrogen) atoms. The highest BCUT2D eigenvalue weighted by Crippen LogP contribution is 2.31. The van der Waals surface area contributed by atoms with E-state index in [0.29, 0.717) is 30.5 Å². The molecule has 1 aliphatic heterocycles. The number of nitrogens with zero attached hydrogens (tertiary/aromatic N) is 1. The molecule has 1 aromatic rings. The van der Waals surface area contributed by atoms with Gasteiger partial charge in [0, 0.05) is 18.0 Å². The zero-order chi connectivity index (χ0) is 13.4. The van der Waals surface area contributed by atoms with E-state index in [4.69, 9.17) is 10.5 Å². The van der Waals surface area contributed by atoms with Crippen molar-refractivity contribution >= 4 is 21.4 Å². The van der Waals surface area contributed by atoms with Gasteiger partial charge < -0.3 is 10.5 Å². The Labute approximate surface area is 112 Å². The normalized spacial score (nSPS) is 21.1. The van der Waals surface area contributed by atoms with Crippen molar-refractivity contribution in [3.8, 4) is 0 Å². The van der Waals surface area contributed by atoms with Crippen LogP contribution in [0.4, 0.5) is 0 Å². The smallest absolute Gasteiger partial charge is 0.253 e. The van der Waals surface area contributed by atoms with E-state index >= 15 is 0 Å². The summed E-state index contributed by atoms with van der Waals surface area (Å²) in [4.78, 5) is 0.875. The van der Waals surface area contributed by atoms with Gasteiger partial charge in [0.15, 0.2) is 0 Å². The van der Waals surface area contributed by atoms with Gasteiger partial charge in [-0.2, -0.15) is 4.31 Å². The Kier molecular flexibility index (Phi) is 3.80. The topological polar surface area (TPSA) is 72.6 Å². The van der Waals surface area contributed by atoms with Crippen molar-refractivity contribution in [1.82, 2.24) is 4.31 Å². The Morgan fingerprint density at radius 2 is 2.22 bits per heavy atom. The first kappa shape index (κ1) is 14.0. The van der Waals surface area contributed by atoms with E-state index in [0.717, 1.165) is 4.88 Å². The van der Waals surface area contributed by atoms with Crippen molar-refractivity contribution < 1.29 is 13.2 Å². The molecule has 2 rings (SSSR count). The number of morpholine rings is 1. The summed E-state index contributed by atoms with van der Waals surface area (Å²) in [5.74, 6) is 0. The average Bonchev–Trinajstić information content (AvgIpc) is 2.77. The molecule has 2 heterocycles. The average molecular weight is 290 g/mol. The Balaban J connectivity index is 2.35. The van der Waals surface area contributed by atoms with Gasteiger partial charge in [-0.3, -0.25) is 0 Å². The number of sulfonamides is 1. The molecule has 0 bridgehead atoms. The van der Waals surface area contributed by atoms with Gasteiger partial charge in [0.2, 0.25) is 0 Å². The predicted molar refractivity (Wildman–Crippen MR) is 71.0 cm³/mol. The minimum Gasteiger partial charge on any atom is -0.378 e. The molecule has 0 aromatic carbocycles. The maximum absolute atomic E-state index is 12.6. The summed E-state index contributed by atoms with van der Waals surface area (Å²) in [6, 6.07) is 3.40. The van der Waals surface area contributed by atoms with Crippen molar-refractivity contribution in [3.63, 3.8) is 0 Å². The maximum Gasteiger partial charge on any atom is 0.253 e. The first-order valence-electron chi connectivity index (χ1n) is 5.77. The minimum atomic E-state index is -3.44. The number of thiophene rings is 1. The van der Waals surface area contributed by atoms with Crippen LogP contribution in [0.5, 0.6) is 0 Å². The van der Waals surface area contributed by atoms with Gasteiger partial charge in [0.25, 0.3) is 10.0 Å². The summed E-state index contributed by atoms with van der Waals surface area (Å²) < 4.78 is 32.4. The van der Waals surface area contributed by atoms with Crippen LogP contribution in [0.25, 0.3) is 0 Å². The molecule has 1 aromatic heterocycles. The standard InChI is InChI=1S/C11H18N2O3S2/c1-11(2)8-16-6-5-13(11)18(14,15)10-4-3-9(7-12)17-10/h3-4H,5-8,12H2,1-2H3. The lowest BCUT2D eigenvalue weighted by atomic mass is 10.1. The number of rotatable bonds is 3. The molecular weight excluding hydrogens is 272 g/mol. The molecule has 7 heteroatoms. The predicted octanol–water partition coefficient (Wildman–Crippen LogP) is 1.01. The largest absolute Gasteiger partial charge is 0.378 e. The molecule has 0 unspecified atom stereocenters. The lowest BCUT2D eigenvalue weighted by Crippen LogP contribution is -2.55. The van der Waals surface area contributed by atoms with Crippen molar-refractivity contribution in [1.29, 1.82) is 0 Å². The Hall–Kier alpha value is -0.470. The van der Waals surface area contributed by atoms with E-state index in [1.165, 1.54) is 15.6 Å². The highest BCUT2D eigenvalue weighted by molar-refractivity contribution is 7.91. The summed E-state index contributed by atoms with van der Waals surface area (Å²) in [5.41, 5.74) is 5.01. The monoisotopic (exact) mass is 290 g/mol. The highest BCUT2D eigenvalue weighted by Gasteiger charge is 2.40. The van der Waals surface area contributed by atoms with Crippen LogP contribution in [0, 0.1) is 0 Å². The summed E-state index contributed by atoms with van der Waals surface area (Å²) >= 11 is 1.24. The van der Waals surface area contributed by atoms with Crippen LogP contribution in [-0.4, -0.2) is 38.0 Å². The molecule has 102 valence electrons. The van der Waals surface area contributed by atoms with Crippen LogP contribution >= 0.6 is 11.3 Å². The second-order valence-corrected chi connectivity index (χ2v) is 8.12. The molecule has 0 radical (unpaired) electrons. The summed E-state index contributed by atoms with van der Waals surface area (Å²) in [6.45, 7) is 5.37. The maximum atomic E-state index is 12.6. The molecular formula is C11H18N2O3S2. The van der Waals surface area contributed by atoms with Gasteiger partial charge in [-0.05, 0) is 26.0 Å². The lowest BCUT2D eigenvalue weighted by Gasteiger charge is -2.40. The molecule has 2 N–H and O–H groups in total. The Morgan fingerprint density at radius 3 is 2.78 bits per heavy atom. The van der Waals surface area contributed by atoms with Gasteiger partial charge in [-0.15, -0.1) is 11.3 Å².